The molecule has 6 rings (SSSR count). The van der Waals surface area contributed by atoms with Crippen molar-refractivity contribution in [2.45, 2.75) is 44.7 Å². The van der Waals surface area contributed by atoms with Crippen LogP contribution >= 0.6 is 0 Å². The maximum atomic E-state index is 13.6. The van der Waals surface area contributed by atoms with E-state index in [1.807, 2.05) is 18.2 Å². The topological polar surface area (TPSA) is 92.1 Å². The van der Waals surface area contributed by atoms with Crippen LogP contribution in [0.2, 0.25) is 0 Å². The van der Waals surface area contributed by atoms with E-state index in [1.165, 1.54) is 11.1 Å². The molecular weight excluding hydrogens is 476 g/mol. The average Bonchev–Trinajstić information content (AvgIpc) is 2.89. The number of hydrogen-bond acceptors (Lipinski definition) is 8. The number of likely N-dealkylation sites (tertiary alicyclic amines) is 1. The largest absolute Gasteiger partial charge is 0.324 e. The minimum Gasteiger partial charge on any atom is -0.324 e. The summed E-state index contributed by atoms with van der Waals surface area (Å²) in [5, 5.41) is 8.67. The summed E-state index contributed by atoms with van der Waals surface area (Å²) >= 11 is 0. The summed E-state index contributed by atoms with van der Waals surface area (Å²) in [4.78, 5) is 32.1. The minimum atomic E-state index is -0.153. The van der Waals surface area contributed by atoms with Gasteiger partial charge in [-0.05, 0) is 75.4 Å². The summed E-state index contributed by atoms with van der Waals surface area (Å²) < 4.78 is 1.64. The summed E-state index contributed by atoms with van der Waals surface area (Å²) in [5.41, 5.74) is 5.32. The van der Waals surface area contributed by atoms with Gasteiger partial charge in [-0.25, -0.2) is 14.6 Å². The van der Waals surface area contributed by atoms with E-state index in [-0.39, 0.29) is 17.0 Å². The van der Waals surface area contributed by atoms with E-state index in [9.17, 15) is 4.79 Å². The molecule has 0 spiro atoms. The molecule has 0 atom stereocenters. The van der Waals surface area contributed by atoms with Crippen molar-refractivity contribution in [3.63, 3.8) is 0 Å². The van der Waals surface area contributed by atoms with Crippen LogP contribution in [0.4, 0.5) is 11.6 Å². The first-order valence-electron chi connectivity index (χ1n) is 13.3. The first-order chi connectivity index (χ1) is 18.3. The Labute approximate surface area is 222 Å². The standard InChI is InChI=1S/C29H34N8O/c1-29(2)18-36(4)17-19-15-20(8-9-23(19)29)32-28-31-16-22-25(33-28)26(24-7-5-6-12-30-24)34-37(27(22)38)21-10-13-35(3)14-11-21/h5-9,12,15-16,21H,10-11,13-14,17-18H2,1-4H3,(H,31,32,33). The van der Waals surface area contributed by atoms with E-state index in [1.54, 1.807) is 17.1 Å². The Balaban J connectivity index is 1.41. The molecule has 38 heavy (non-hydrogen) atoms. The quantitative estimate of drug-likeness (QED) is 0.441. The zero-order chi connectivity index (χ0) is 26.4. The van der Waals surface area contributed by atoms with E-state index in [0.717, 1.165) is 44.7 Å². The van der Waals surface area contributed by atoms with Gasteiger partial charge in [0, 0.05) is 36.6 Å². The van der Waals surface area contributed by atoms with Crippen LogP contribution < -0.4 is 10.9 Å². The van der Waals surface area contributed by atoms with Crippen molar-refractivity contribution < 1.29 is 0 Å². The molecule has 0 amide bonds. The molecule has 0 aliphatic carbocycles. The highest BCUT2D eigenvalue weighted by Gasteiger charge is 2.30. The van der Waals surface area contributed by atoms with Gasteiger partial charge in [-0.1, -0.05) is 26.0 Å². The second kappa shape index (κ2) is 9.56. The molecule has 0 radical (unpaired) electrons. The van der Waals surface area contributed by atoms with Crippen LogP contribution in [-0.2, 0) is 12.0 Å². The fourth-order valence-corrected chi connectivity index (χ4v) is 5.96. The Kier molecular flexibility index (Phi) is 6.20. The lowest BCUT2D eigenvalue weighted by Crippen LogP contribution is -2.39. The molecule has 2 aliphatic rings. The summed E-state index contributed by atoms with van der Waals surface area (Å²) in [6.07, 6.45) is 5.12. The molecule has 0 bridgehead atoms. The number of nitrogens with one attached hydrogen (secondary N) is 1. The minimum absolute atomic E-state index is 0.0428. The van der Waals surface area contributed by atoms with E-state index >= 15 is 0 Å². The fourth-order valence-electron chi connectivity index (χ4n) is 5.96. The molecule has 1 N–H and O–H groups in total. The predicted molar refractivity (Wildman–Crippen MR) is 150 cm³/mol. The Bertz CT molecular complexity index is 1540. The number of aromatic nitrogens is 5. The van der Waals surface area contributed by atoms with Crippen LogP contribution in [0.5, 0.6) is 0 Å². The van der Waals surface area contributed by atoms with Crippen LogP contribution in [0, 0.1) is 0 Å². The summed E-state index contributed by atoms with van der Waals surface area (Å²) in [5.74, 6) is 0.427. The Morgan fingerprint density at radius 1 is 1.03 bits per heavy atom. The molecule has 1 fully saturated rings. The van der Waals surface area contributed by atoms with Crippen LogP contribution in [0.1, 0.15) is 43.9 Å². The number of fused-ring (bicyclic) bond motifs is 2. The van der Waals surface area contributed by atoms with Gasteiger partial charge in [0.1, 0.15) is 11.2 Å². The maximum absolute atomic E-state index is 13.6. The van der Waals surface area contributed by atoms with E-state index in [0.29, 0.717) is 28.2 Å². The van der Waals surface area contributed by atoms with Gasteiger partial charge in [0.25, 0.3) is 5.56 Å². The lowest BCUT2D eigenvalue weighted by molar-refractivity contribution is 0.209. The molecule has 3 aromatic heterocycles. The molecule has 1 aromatic carbocycles. The smallest absolute Gasteiger partial charge is 0.278 e. The number of hydrogen-bond donors (Lipinski definition) is 1. The SMILES string of the molecule is CN1CCC(n2nc(-c3ccccn3)c3nc(Nc4ccc5c(c4)CN(C)CC5(C)C)ncc3c2=O)CC1. The van der Waals surface area contributed by atoms with Gasteiger partial charge < -0.3 is 15.1 Å². The molecule has 9 nitrogen and oxygen atoms in total. The summed E-state index contributed by atoms with van der Waals surface area (Å²) in [6.45, 7) is 8.36. The third kappa shape index (κ3) is 4.56. The van der Waals surface area contributed by atoms with Crippen molar-refractivity contribution in [3.05, 3.63) is 70.3 Å². The van der Waals surface area contributed by atoms with E-state index in [4.69, 9.17) is 10.1 Å². The molecule has 1 saturated heterocycles. The maximum Gasteiger partial charge on any atom is 0.278 e. The van der Waals surface area contributed by atoms with Gasteiger partial charge in [0.15, 0.2) is 0 Å². The number of pyridine rings is 1. The van der Waals surface area contributed by atoms with Crippen molar-refractivity contribution >= 4 is 22.5 Å². The number of anilines is 2. The average molecular weight is 511 g/mol. The van der Waals surface area contributed by atoms with Gasteiger partial charge >= 0.3 is 0 Å². The molecular formula is C29H34N8O. The highest BCUT2D eigenvalue weighted by atomic mass is 16.1. The van der Waals surface area contributed by atoms with Crippen LogP contribution in [0.3, 0.4) is 0 Å². The first-order valence-corrected chi connectivity index (χ1v) is 13.3. The fraction of sp³-hybridized carbons (Fsp3) is 0.414. The van der Waals surface area contributed by atoms with Gasteiger partial charge in [-0.2, -0.15) is 5.10 Å². The normalized spacial score (nSPS) is 18.4. The number of piperidine rings is 1. The third-order valence-corrected chi connectivity index (χ3v) is 7.80. The second-order valence-electron chi connectivity index (χ2n) is 11.4. The van der Waals surface area contributed by atoms with Gasteiger partial charge in [-0.15, -0.1) is 0 Å². The molecule has 5 heterocycles. The first kappa shape index (κ1) is 24.6. The summed E-state index contributed by atoms with van der Waals surface area (Å²) in [7, 11) is 4.26. The lowest BCUT2D eigenvalue weighted by Gasteiger charge is -2.38. The Hall–Kier alpha value is -3.69. The monoisotopic (exact) mass is 510 g/mol. The number of likely N-dealkylation sites (N-methyl/N-ethyl adjacent to an activating group) is 1. The molecule has 4 aromatic rings. The van der Waals surface area contributed by atoms with Crippen LogP contribution in [0.15, 0.2) is 53.6 Å². The third-order valence-electron chi connectivity index (χ3n) is 7.80. The van der Waals surface area contributed by atoms with Crippen molar-refractivity contribution in [3.8, 4) is 11.4 Å². The molecule has 2 aliphatic heterocycles. The Morgan fingerprint density at radius 3 is 2.61 bits per heavy atom. The highest BCUT2D eigenvalue weighted by molar-refractivity contribution is 5.89. The van der Waals surface area contributed by atoms with Crippen molar-refractivity contribution in [1.29, 1.82) is 0 Å². The zero-order valence-corrected chi connectivity index (χ0v) is 22.5. The van der Waals surface area contributed by atoms with Crippen molar-refractivity contribution in [1.82, 2.24) is 34.5 Å². The van der Waals surface area contributed by atoms with Crippen molar-refractivity contribution in [2.75, 3.05) is 39.0 Å². The van der Waals surface area contributed by atoms with Gasteiger partial charge in [-0.3, -0.25) is 9.78 Å². The van der Waals surface area contributed by atoms with Crippen molar-refractivity contribution in [2.24, 2.45) is 0 Å². The predicted octanol–water partition coefficient (Wildman–Crippen LogP) is 3.98. The highest BCUT2D eigenvalue weighted by Crippen LogP contribution is 2.34. The number of rotatable bonds is 4. The summed E-state index contributed by atoms with van der Waals surface area (Å²) in [6, 6.07) is 12.2. The van der Waals surface area contributed by atoms with Gasteiger partial charge in [0.05, 0.1) is 17.1 Å². The molecule has 9 heteroatoms. The molecule has 0 saturated carbocycles. The molecule has 0 unspecified atom stereocenters. The van der Waals surface area contributed by atoms with Crippen LogP contribution in [0.25, 0.3) is 22.3 Å². The van der Waals surface area contributed by atoms with Gasteiger partial charge in [0.2, 0.25) is 5.95 Å². The van der Waals surface area contributed by atoms with E-state index in [2.05, 4.69) is 71.2 Å². The number of benzene rings is 1. The molecule has 196 valence electrons. The lowest BCUT2D eigenvalue weighted by atomic mass is 9.78. The van der Waals surface area contributed by atoms with E-state index < -0.39 is 0 Å². The Morgan fingerprint density at radius 2 is 1.84 bits per heavy atom. The number of nitrogens with zero attached hydrogens (tertiary/aromatic N) is 7. The zero-order valence-electron chi connectivity index (χ0n) is 22.5. The second-order valence-corrected chi connectivity index (χ2v) is 11.4. The van der Waals surface area contributed by atoms with Crippen LogP contribution in [-0.4, -0.2) is 68.3 Å².